The van der Waals surface area contributed by atoms with Crippen LogP contribution in [0.3, 0.4) is 0 Å². The molecule has 0 heterocycles. The van der Waals surface area contributed by atoms with Crippen molar-refractivity contribution in [2.45, 2.75) is 13.0 Å². The Morgan fingerprint density at radius 3 is 2.18 bits per heavy atom. The monoisotopic (exact) mass is 521 g/mol. The standard InChI is InChI=1S/C26H24BrN3O4/c27-23-13-10-20(11-14-23)16-17-30(26(33)28-25(32)22-4-2-1-3-5-22)18-21-8-6-19(7-9-21)12-15-24(31)29-34/h1-15,34H,16-18H2,(H,29,31)(H,28,32,33). The van der Waals surface area contributed by atoms with Gasteiger partial charge in [0, 0.05) is 29.2 Å². The number of halogens is 1. The second-order valence-corrected chi connectivity index (χ2v) is 8.39. The molecule has 0 aliphatic carbocycles. The third-order valence-corrected chi connectivity index (χ3v) is 5.55. The molecule has 3 aromatic carbocycles. The van der Waals surface area contributed by atoms with Gasteiger partial charge < -0.3 is 4.90 Å². The largest absolute Gasteiger partial charge is 0.324 e. The molecule has 3 rings (SSSR count). The summed E-state index contributed by atoms with van der Waals surface area (Å²) in [6, 6.07) is 23.3. The molecule has 0 aromatic heterocycles. The fourth-order valence-electron chi connectivity index (χ4n) is 3.17. The fourth-order valence-corrected chi connectivity index (χ4v) is 3.43. The molecular weight excluding hydrogens is 498 g/mol. The van der Waals surface area contributed by atoms with Crippen molar-refractivity contribution in [1.29, 1.82) is 0 Å². The van der Waals surface area contributed by atoms with Gasteiger partial charge in [0.15, 0.2) is 0 Å². The lowest BCUT2D eigenvalue weighted by Gasteiger charge is -2.23. The van der Waals surface area contributed by atoms with E-state index in [2.05, 4.69) is 21.2 Å². The summed E-state index contributed by atoms with van der Waals surface area (Å²) < 4.78 is 0.977. The van der Waals surface area contributed by atoms with E-state index in [4.69, 9.17) is 5.21 Å². The summed E-state index contributed by atoms with van der Waals surface area (Å²) in [5.74, 6) is -1.08. The van der Waals surface area contributed by atoms with Crippen LogP contribution in [0.1, 0.15) is 27.0 Å². The van der Waals surface area contributed by atoms with Gasteiger partial charge in [-0.3, -0.25) is 20.1 Å². The average Bonchev–Trinajstić information content (AvgIpc) is 2.87. The summed E-state index contributed by atoms with van der Waals surface area (Å²) in [5.41, 5.74) is 4.64. The second-order valence-electron chi connectivity index (χ2n) is 7.47. The van der Waals surface area contributed by atoms with Crippen LogP contribution in [0.5, 0.6) is 0 Å². The zero-order valence-corrected chi connectivity index (χ0v) is 19.9. The van der Waals surface area contributed by atoms with Gasteiger partial charge in [0.05, 0.1) is 0 Å². The third kappa shape index (κ3) is 7.68. The Labute approximate surface area is 206 Å². The van der Waals surface area contributed by atoms with E-state index in [9.17, 15) is 14.4 Å². The van der Waals surface area contributed by atoms with Gasteiger partial charge in [-0.05, 0) is 53.5 Å². The Bertz CT molecular complexity index is 1150. The van der Waals surface area contributed by atoms with Gasteiger partial charge in [0.25, 0.3) is 11.8 Å². The Morgan fingerprint density at radius 2 is 1.53 bits per heavy atom. The highest BCUT2D eigenvalue weighted by atomic mass is 79.9. The number of rotatable bonds is 8. The first-order valence-corrected chi connectivity index (χ1v) is 11.3. The summed E-state index contributed by atoms with van der Waals surface area (Å²) in [6.45, 7) is 0.708. The molecule has 174 valence electrons. The molecule has 7 nitrogen and oxygen atoms in total. The SMILES string of the molecule is O=C(C=Cc1ccc(CN(CCc2ccc(Br)cc2)C(=O)NC(=O)c2ccccc2)cc1)NO. The van der Waals surface area contributed by atoms with E-state index in [-0.39, 0.29) is 0 Å². The lowest BCUT2D eigenvalue weighted by molar-refractivity contribution is -0.124. The molecule has 0 saturated heterocycles. The number of benzene rings is 3. The van der Waals surface area contributed by atoms with E-state index >= 15 is 0 Å². The number of hydrogen-bond donors (Lipinski definition) is 3. The van der Waals surface area contributed by atoms with Crippen molar-refractivity contribution in [2.75, 3.05) is 6.54 Å². The minimum atomic E-state index is -0.622. The zero-order chi connectivity index (χ0) is 24.3. The first-order chi connectivity index (χ1) is 16.4. The Balaban J connectivity index is 1.71. The van der Waals surface area contributed by atoms with Crippen LogP contribution in [0.15, 0.2) is 89.4 Å². The van der Waals surface area contributed by atoms with Crippen LogP contribution in [0, 0.1) is 0 Å². The number of nitrogens with one attached hydrogen (secondary N) is 2. The molecule has 0 aliphatic heterocycles. The molecule has 3 N–H and O–H groups in total. The number of imide groups is 1. The van der Waals surface area contributed by atoms with Crippen molar-refractivity contribution in [3.05, 3.63) is 112 Å². The van der Waals surface area contributed by atoms with Crippen molar-refractivity contribution in [1.82, 2.24) is 15.7 Å². The maximum Gasteiger partial charge on any atom is 0.324 e. The number of hydrogen-bond acceptors (Lipinski definition) is 4. The quantitative estimate of drug-likeness (QED) is 0.230. The smallest absolute Gasteiger partial charge is 0.320 e. The van der Waals surface area contributed by atoms with Crippen LogP contribution in [0.2, 0.25) is 0 Å². The van der Waals surface area contributed by atoms with Crippen LogP contribution in [0.25, 0.3) is 6.08 Å². The van der Waals surface area contributed by atoms with Gasteiger partial charge in [-0.2, -0.15) is 0 Å². The summed E-state index contributed by atoms with van der Waals surface area (Å²) in [5, 5.41) is 11.0. The van der Waals surface area contributed by atoms with E-state index in [0.717, 1.165) is 21.2 Å². The van der Waals surface area contributed by atoms with Crippen LogP contribution in [0.4, 0.5) is 4.79 Å². The maximum atomic E-state index is 13.0. The van der Waals surface area contributed by atoms with Crippen molar-refractivity contribution < 1.29 is 19.6 Å². The lowest BCUT2D eigenvalue weighted by atomic mass is 10.1. The molecule has 0 bridgehead atoms. The third-order valence-electron chi connectivity index (χ3n) is 5.02. The number of carbonyl (C=O) groups is 3. The molecule has 0 aliphatic rings. The van der Waals surface area contributed by atoms with Gasteiger partial charge in [0.1, 0.15) is 0 Å². The van der Waals surface area contributed by atoms with Crippen LogP contribution in [-0.2, 0) is 17.8 Å². The highest BCUT2D eigenvalue weighted by Crippen LogP contribution is 2.14. The molecule has 0 spiro atoms. The summed E-state index contributed by atoms with van der Waals surface area (Å²) >= 11 is 3.42. The second kappa shape index (κ2) is 12.5. The predicted octanol–water partition coefficient (Wildman–Crippen LogP) is 4.56. The first kappa shape index (κ1) is 24.9. The molecule has 0 atom stereocenters. The molecule has 4 amide bonds. The number of nitrogens with zero attached hydrogens (tertiary/aromatic N) is 1. The van der Waals surface area contributed by atoms with Gasteiger partial charge in [-0.1, -0.05) is 70.5 Å². The van der Waals surface area contributed by atoms with E-state index in [0.29, 0.717) is 25.1 Å². The molecule has 0 fully saturated rings. The Hall–Kier alpha value is -3.75. The number of carbonyl (C=O) groups excluding carboxylic acids is 3. The van der Waals surface area contributed by atoms with Gasteiger partial charge in [-0.15, -0.1) is 0 Å². The number of amides is 4. The predicted molar refractivity (Wildman–Crippen MR) is 133 cm³/mol. The molecule has 0 unspecified atom stereocenters. The van der Waals surface area contributed by atoms with E-state index in [1.807, 2.05) is 36.4 Å². The van der Waals surface area contributed by atoms with Crippen molar-refractivity contribution in [3.8, 4) is 0 Å². The molecule has 8 heteroatoms. The van der Waals surface area contributed by atoms with Gasteiger partial charge >= 0.3 is 6.03 Å². The maximum absolute atomic E-state index is 13.0. The molecule has 0 radical (unpaired) electrons. The van der Waals surface area contributed by atoms with E-state index in [1.54, 1.807) is 53.4 Å². The number of urea groups is 1. The highest BCUT2D eigenvalue weighted by molar-refractivity contribution is 9.10. The number of hydroxylamine groups is 1. The topological polar surface area (TPSA) is 98.7 Å². The summed E-state index contributed by atoms with van der Waals surface area (Å²) in [4.78, 5) is 38.2. The first-order valence-electron chi connectivity index (χ1n) is 10.6. The van der Waals surface area contributed by atoms with Crippen LogP contribution < -0.4 is 10.8 Å². The van der Waals surface area contributed by atoms with Gasteiger partial charge in [0.2, 0.25) is 0 Å². The minimum absolute atomic E-state index is 0.297. The molecular formula is C26H24BrN3O4. The van der Waals surface area contributed by atoms with Crippen molar-refractivity contribution in [3.63, 3.8) is 0 Å². The Morgan fingerprint density at radius 1 is 0.882 bits per heavy atom. The van der Waals surface area contributed by atoms with E-state index in [1.165, 1.54) is 11.6 Å². The molecule has 3 aromatic rings. The molecule has 34 heavy (non-hydrogen) atoms. The summed E-state index contributed by atoms with van der Waals surface area (Å²) in [7, 11) is 0. The van der Waals surface area contributed by atoms with Crippen LogP contribution in [-0.4, -0.2) is 34.5 Å². The van der Waals surface area contributed by atoms with Crippen molar-refractivity contribution >= 4 is 39.9 Å². The van der Waals surface area contributed by atoms with E-state index < -0.39 is 17.8 Å². The zero-order valence-electron chi connectivity index (χ0n) is 18.3. The molecule has 0 saturated carbocycles. The highest BCUT2D eigenvalue weighted by Gasteiger charge is 2.18. The van der Waals surface area contributed by atoms with Crippen molar-refractivity contribution in [2.24, 2.45) is 0 Å². The average molecular weight is 522 g/mol. The summed E-state index contributed by atoms with van der Waals surface area (Å²) in [6.07, 6.45) is 3.39. The van der Waals surface area contributed by atoms with Crippen LogP contribution >= 0.6 is 15.9 Å². The fraction of sp³-hybridized carbons (Fsp3) is 0.115. The minimum Gasteiger partial charge on any atom is -0.320 e. The lowest BCUT2D eigenvalue weighted by Crippen LogP contribution is -2.43. The Kier molecular flexibility index (Phi) is 9.13. The van der Waals surface area contributed by atoms with Gasteiger partial charge in [-0.25, -0.2) is 10.3 Å². The normalized spacial score (nSPS) is 10.6.